The Kier molecular flexibility index (Phi) is 2.67. The van der Waals surface area contributed by atoms with Crippen LogP contribution in [0.4, 0.5) is 0 Å². The van der Waals surface area contributed by atoms with Crippen molar-refractivity contribution in [3.63, 3.8) is 0 Å². The van der Waals surface area contributed by atoms with Crippen molar-refractivity contribution in [3.05, 3.63) is 64.9 Å². The van der Waals surface area contributed by atoms with Crippen molar-refractivity contribution in [2.45, 2.75) is 6.42 Å². The van der Waals surface area contributed by atoms with Crippen LogP contribution >= 0.6 is 0 Å². The van der Waals surface area contributed by atoms with E-state index in [1.54, 1.807) is 12.1 Å². The van der Waals surface area contributed by atoms with Crippen molar-refractivity contribution in [2.75, 3.05) is 6.79 Å². The molecular weight excluding hydrogens is 268 g/mol. The molecule has 2 aromatic rings. The van der Waals surface area contributed by atoms with Gasteiger partial charge < -0.3 is 14.2 Å². The van der Waals surface area contributed by atoms with Gasteiger partial charge in [0, 0.05) is 6.42 Å². The predicted molar refractivity (Wildman–Crippen MR) is 76.1 cm³/mol. The van der Waals surface area contributed by atoms with Crippen LogP contribution in [0.2, 0.25) is 0 Å². The maximum Gasteiger partial charge on any atom is 0.343 e. The van der Waals surface area contributed by atoms with E-state index in [-0.39, 0.29) is 12.8 Å². The first-order valence-electron chi connectivity index (χ1n) is 6.70. The molecule has 1 aliphatic carbocycles. The second kappa shape index (κ2) is 4.66. The molecular formula is C17H12O4. The van der Waals surface area contributed by atoms with Gasteiger partial charge in [-0.1, -0.05) is 18.2 Å². The number of esters is 1. The molecule has 4 nitrogen and oxygen atoms in total. The Morgan fingerprint density at radius 1 is 1.05 bits per heavy atom. The first-order chi connectivity index (χ1) is 10.3. The number of ether oxygens (including phenoxy) is 3. The summed E-state index contributed by atoms with van der Waals surface area (Å²) in [6, 6.07) is 12.8. The van der Waals surface area contributed by atoms with Gasteiger partial charge in [-0.05, 0) is 41.5 Å². The highest BCUT2D eigenvalue weighted by Crippen LogP contribution is 2.39. The smallest absolute Gasteiger partial charge is 0.343 e. The zero-order valence-electron chi connectivity index (χ0n) is 11.2. The van der Waals surface area contributed by atoms with Gasteiger partial charge in [0.05, 0.1) is 5.56 Å². The second-order valence-corrected chi connectivity index (χ2v) is 4.95. The second-order valence-electron chi connectivity index (χ2n) is 4.95. The molecule has 0 aromatic heterocycles. The lowest BCUT2D eigenvalue weighted by atomic mass is 10.1. The highest BCUT2D eigenvalue weighted by molar-refractivity contribution is 5.90. The number of fused-ring (bicyclic) bond motifs is 2. The molecule has 1 aliphatic heterocycles. The van der Waals surface area contributed by atoms with Gasteiger partial charge in [0.2, 0.25) is 6.79 Å². The van der Waals surface area contributed by atoms with Gasteiger partial charge in [-0.25, -0.2) is 4.79 Å². The van der Waals surface area contributed by atoms with Crippen molar-refractivity contribution in [1.82, 2.24) is 0 Å². The van der Waals surface area contributed by atoms with Crippen LogP contribution in [0.3, 0.4) is 0 Å². The topological polar surface area (TPSA) is 44.8 Å². The van der Waals surface area contributed by atoms with Gasteiger partial charge in [0.25, 0.3) is 0 Å². The summed E-state index contributed by atoms with van der Waals surface area (Å²) in [5, 5.41) is 0. The van der Waals surface area contributed by atoms with E-state index in [4.69, 9.17) is 14.2 Å². The third kappa shape index (κ3) is 2.14. The van der Waals surface area contributed by atoms with Gasteiger partial charge in [-0.3, -0.25) is 0 Å². The number of benzene rings is 2. The van der Waals surface area contributed by atoms with Crippen LogP contribution in [-0.2, 0) is 11.2 Å². The first kappa shape index (κ1) is 12.0. The molecule has 0 unspecified atom stereocenters. The molecule has 0 spiro atoms. The van der Waals surface area contributed by atoms with E-state index < -0.39 is 0 Å². The molecule has 21 heavy (non-hydrogen) atoms. The maximum atomic E-state index is 12.0. The summed E-state index contributed by atoms with van der Waals surface area (Å²) in [4.78, 5) is 12.0. The summed E-state index contributed by atoms with van der Waals surface area (Å²) in [5.41, 5.74) is 2.63. The fraction of sp³-hybridized carbons (Fsp3) is 0.118. The van der Waals surface area contributed by atoms with Gasteiger partial charge in [0.1, 0.15) is 5.76 Å². The minimum atomic E-state index is -0.338. The Balaban J connectivity index is 1.55. The number of carbonyl (C=O) groups excluding carboxylic acids is 1. The fourth-order valence-corrected chi connectivity index (χ4v) is 2.52. The average molecular weight is 280 g/mol. The van der Waals surface area contributed by atoms with Crippen LogP contribution in [-0.4, -0.2) is 12.8 Å². The normalized spacial score (nSPS) is 14.6. The Labute approximate surface area is 121 Å². The van der Waals surface area contributed by atoms with Crippen LogP contribution in [0.15, 0.2) is 48.2 Å². The molecule has 0 fully saturated rings. The van der Waals surface area contributed by atoms with Gasteiger partial charge in [-0.15, -0.1) is 0 Å². The average Bonchev–Trinajstić information content (AvgIpc) is 3.10. The number of allylic oxidation sites excluding steroid dienone is 1. The molecule has 1 heterocycles. The summed E-state index contributed by atoms with van der Waals surface area (Å²) in [7, 11) is 0. The van der Waals surface area contributed by atoms with Crippen LogP contribution in [0.1, 0.15) is 21.5 Å². The zero-order valence-corrected chi connectivity index (χ0v) is 11.2. The van der Waals surface area contributed by atoms with E-state index in [2.05, 4.69) is 0 Å². The van der Waals surface area contributed by atoms with E-state index in [0.29, 0.717) is 17.7 Å². The largest absolute Gasteiger partial charge is 0.454 e. The molecule has 104 valence electrons. The fourth-order valence-electron chi connectivity index (χ4n) is 2.52. The Morgan fingerprint density at radius 3 is 2.62 bits per heavy atom. The number of hydrogen-bond donors (Lipinski definition) is 0. The lowest BCUT2D eigenvalue weighted by Crippen LogP contribution is -2.04. The molecule has 0 saturated carbocycles. The van der Waals surface area contributed by atoms with Crippen LogP contribution < -0.4 is 9.47 Å². The molecule has 0 bridgehead atoms. The molecule has 0 N–H and O–H groups in total. The lowest BCUT2D eigenvalue weighted by molar-refractivity contribution is 0.0623. The standard InChI is InChI=1S/C17H12O4/c18-17(11-4-2-1-3-5-11)21-14-6-12-8-15-16(20-10-19-15)9-13(12)7-14/h1-6,8-9H,7,10H2. The van der Waals surface area contributed by atoms with Crippen molar-refractivity contribution < 1.29 is 19.0 Å². The minimum Gasteiger partial charge on any atom is -0.454 e. The van der Waals surface area contributed by atoms with Crippen LogP contribution in [0.5, 0.6) is 11.5 Å². The molecule has 2 aromatic carbocycles. The highest BCUT2D eigenvalue weighted by Gasteiger charge is 2.22. The summed E-state index contributed by atoms with van der Waals surface area (Å²) in [5.74, 6) is 1.79. The predicted octanol–water partition coefficient (Wildman–Crippen LogP) is 3.17. The summed E-state index contributed by atoms with van der Waals surface area (Å²) >= 11 is 0. The number of rotatable bonds is 2. The van der Waals surface area contributed by atoms with Crippen LogP contribution in [0, 0.1) is 0 Å². The molecule has 0 saturated heterocycles. The van der Waals surface area contributed by atoms with E-state index in [1.165, 1.54) is 0 Å². The molecule has 0 atom stereocenters. The Bertz CT molecular complexity index is 747. The molecule has 4 rings (SSSR count). The summed E-state index contributed by atoms with van der Waals surface area (Å²) in [6.07, 6.45) is 2.46. The number of hydrogen-bond acceptors (Lipinski definition) is 4. The third-order valence-electron chi connectivity index (χ3n) is 3.55. The number of carbonyl (C=O) groups is 1. The SMILES string of the molecule is O=C(OC1=Cc2cc3c(cc2C1)OCO3)c1ccccc1. The van der Waals surface area contributed by atoms with E-state index in [1.807, 2.05) is 36.4 Å². The van der Waals surface area contributed by atoms with Crippen molar-refractivity contribution in [2.24, 2.45) is 0 Å². The highest BCUT2D eigenvalue weighted by atomic mass is 16.7. The maximum absolute atomic E-state index is 12.0. The van der Waals surface area contributed by atoms with E-state index >= 15 is 0 Å². The monoisotopic (exact) mass is 280 g/mol. The van der Waals surface area contributed by atoms with Crippen LogP contribution in [0.25, 0.3) is 6.08 Å². The van der Waals surface area contributed by atoms with Crippen molar-refractivity contribution in [1.29, 1.82) is 0 Å². The Hall–Kier alpha value is -2.75. The summed E-state index contributed by atoms with van der Waals surface area (Å²) in [6.45, 7) is 0.262. The van der Waals surface area contributed by atoms with Gasteiger partial charge >= 0.3 is 5.97 Å². The first-order valence-corrected chi connectivity index (χ1v) is 6.70. The third-order valence-corrected chi connectivity index (χ3v) is 3.55. The van der Waals surface area contributed by atoms with Gasteiger partial charge in [-0.2, -0.15) is 0 Å². The van der Waals surface area contributed by atoms with Gasteiger partial charge in [0.15, 0.2) is 11.5 Å². The quantitative estimate of drug-likeness (QED) is 0.793. The zero-order chi connectivity index (χ0) is 14.2. The molecule has 0 radical (unpaired) electrons. The van der Waals surface area contributed by atoms with E-state index in [9.17, 15) is 4.79 Å². The Morgan fingerprint density at radius 2 is 1.81 bits per heavy atom. The molecule has 4 heteroatoms. The molecule has 2 aliphatic rings. The molecule has 0 amide bonds. The van der Waals surface area contributed by atoms with E-state index in [0.717, 1.165) is 22.6 Å². The summed E-state index contributed by atoms with van der Waals surface area (Å²) < 4.78 is 16.2. The van der Waals surface area contributed by atoms with Crippen molar-refractivity contribution >= 4 is 12.0 Å². The lowest BCUT2D eigenvalue weighted by Gasteiger charge is -2.04. The minimum absolute atomic E-state index is 0.262. The van der Waals surface area contributed by atoms with Crippen molar-refractivity contribution in [3.8, 4) is 11.5 Å².